The van der Waals surface area contributed by atoms with Crippen LogP contribution in [0.1, 0.15) is 36.9 Å². The molecule has 2 aromatic carbocycles. The monoisotopic (exact) mass is 341 g/mol. The smallest absolute Gasteiger partial charge is 0.224 e. The molecule has 1 heterocycles. The normalized spacial score (nSPS) is 18.7. The van der Waals surface area contributed by atoms with Gasteiger partial charge in [0.05, 0.1) is 27.4 Å². The third-order valence-electron chi connectivity index (χ3n) is 4.82. The molecule has 0 saturated heterocycles. The number of hydrogen-bond acceptors (Lipinski definition) is 4. The molecule has 0 bridgehead atoms. The molecule has 5 heteroatoms. The van der Waals surface area contributed by atoms with Gasteiger partial charge in [-0.15, -0.1) is 0 Å². The van der Waals surface area contributed by atoms with E-state index in [0.29, 0.717) is 11.5 Å². The van der Waals surface area contributed by atoms with Gasteiger partial charge in [-0.1, -0.05) is 13.0 Å². The molecule has 1 aliphatic heterocycles. The fourth-order valence-electron chi connectivity index (χ4n) is 3.63. The molecule has 0 radical (unpaired) electrons. The lowest BCUT2D eigenvalue weighted by Crippen LogP contribution is -2.30. The van der Waals surface area contributed by atoms with Crippen LogP contribution in [0.3, 0.4) is 0 Å². The lowest BCUT2D eigenvalue weighted by atomic mass is 9.91. The van der Waals surface area contributed by atoms with Crippen molar-refractivity contribution in [3.05, 3.63) is 47.5 Å². The van der Waals surface area contributed by atoms with E-state index in [1.165, 1.54) is 0 Å². The summed E-state index contributed by atoms with van der Waals surface area (Å²) >= 11 is 0. The molecule has 0 aromatic heterocycles. The highest BCUT2D eigenvalue weighted by Gasteiger charge is 2.39. The highest BCUT2D eigenvalue weighted by atomic mass is 16.5. The van der Waals surface area contributed by atoms with Crippen LogP contribution in [-0.2, 0) is 4.79 Å². The number of ether oxygens (including phenoxy) is 3. The Labute approximate surface area is 148 Å². The van der Waals surface area contributed by atoms with Crippen molar-refractivity contribution in [1.82, 2.24) is 0 Å². The predicted octanol–water partition coefficient (Wildman–Crippen LogP) is 3.92. The van der Waals surface area contributed by atoms with Crippen LogP contribution in [0.5, 0.6) is 17.2 Å². The van der Waals surface area contributed by atoms with Crippen molar-refractivity contribution in [3.63, 3.8) is 0 Å². The van der Waals surface area contributed by atoms with E-state index in [1.807, 2.05) is 41.3 Å². The molecule has 0 aliphatic carbocycles. The lowest BCUT2D eigenvalue weighted by Gasteiger charge is -2.27. The fourth-order valence-corrected chi connectivity index (χ4v) is 3.63. The summed E-state index contributed by atoms with van der Waals surface area (Å²) < 4.78 is 16.1. The van der Waals surface area contributed by atoms with Crippen molar-refractivity contribution in [3.8, 4) is 17.2 Å². The van der Waals surface area contributed by atoms with Gasteiger partial charge in [-0.3, -0.25) is 4.79 Å². The maximum Gasteiger partial charge on any atom is 0.224 e. The van der Waals surface area contributed by atoms with Crippen molar-refractivity contribution < 1.29 is 19.0 Å². The van der Waals surface area contributed by atoms with Gasteiger partial charge in [0.1, 0.15) is 5.75 Å². The van der Waals surface area contributed by atoms with E-state index < -0.39 is 0 Å². The summed E-state index contributed by atoms with van der Waals surface area (Å²) in [5.41, 5.74) is 3.05. The second-order valence-corrected chi connectivity index (χ2v) is 6.16. The average Bonchev–Trinajstić information content (AvgIpc) is 2.93. The number of carbonyl (C=O) groups is 1. The van der Waals surface area contributed by atoms with Crippen molar-refractivity contribution in [2.24, 2.45) is 0 Å². The Hall–Kier alpha value is -2.69. The van der Waals surface area contributed by atoms with Gasteiger partial charge >= 0.3 is 0 Å². The molecule has 0 unspecified atom stereocenters. The molecular formula is C20H23NO4. The minimum atomic E-state index is -0.0978. The van der Waals surface area contributed by atoms with E-state index in [2.05, 4.69) is 6.92 Å². The van der Waals surface area contributed by atoms with Crippen LogP contribution < -0.4 is 19.1 Å². The van der Waals surface area contributed by atoms with Crippen LogP contribution >= 0.6 is 0 Å². The number of anilines is 1. The van der Waals surface area contributed by atoms with Gasteiger partial charge in [-0.2, -0.15) is 0 Å². The molecule has 0 fully saturated rings. The predicted molar refractivity (Wildman–Crippen MR) is 96.9 cm³/mol. The number of methoxy groups -OCH3 is 3. The summed E-state index contributed by atoms with van der Waals surface area (Å²) in [6.45, 7) is 3.72. The number of fused-ring (bicyclic) bond motifs is 1. The molecule has 1 aliphatic rings. The van der Waals surface area contributed by atoms with Crippen molar-refractivity contribution in [1.29, 1.82) is 0 Å². The summed E-state index contributed by atoms with van der Waals surface area (Å²) in [6.07, 6.45) is 0. The van der Waals surface area contributed by atoms with Gasteiger partial charge in [0.2, 0.25) is 5.91 Å². The van der Waals surface area contributed by atoms with Crippen LogP contribution in [0.25, 0.3) is 0 Å². The van der Waals surface area contributed by atoms with Crippen molar-refractivity contribution in [2.45, 2.75) is 25.8 Å². The molecule has 25 heavy (non-hydrogen) atoms. The van der Waals surface area contributed by atoms with Crippen LogP contribution in [0.4, 0.5) is 5.69 Å². The van der Waals surface area contributed by atoms with Gasteiger partial charge < -0.3 is 19.1 Å². The molecule has 1 amide bonds. The standard InChI is InChI=1S/C20H23NO4/c1-12-16-11-15(23-3)7-8-17(16)21(13(2)22)20(12)14-6-9-18(24-4)19(10-14)25-5/h6-12,20H,1-5H3/t12-,20-/m0/s1. The van der Waals surface area contributed by atoms with E-state index in [9.17, 15) is 4.79 Å². The Kier molecular flexibility index (Phi) is 4.57. The van der Waals surface area contributed by atoms with Gasteiger partial charge in [-0.25, -0.2) is 0 Å². The molecule has 2 aromatic rings. The van der Waals surface area contributed by atoms with Crippen LogP contribution in [0.2, 0.25) is 0 Å². The minimum absolute atomic E-state index is 0.00977. The van der Waals surface area contributed by atoms with Crippen molar-refractivity contribution in [2.75, 3.05) is 26.2 Å². The lowest BCUT2D eigenvalue weighted by molar-refractivity contribution is -0.117. The topological polar surface area (TPSA) is 48.0 Å². The van der Waals surface area contributed by atoms with E-state index in [4.69, 9.17) is 14.2 Å². The first-order valence-electron chi connectivity index (χ1n) is 8.21. The second kappa shape index (κ2) is 6.67. The number of rotatable bonds is 4. The number of benzene rings is 2. The van der Waals surface area contributed by atoms with E-state index in [1.54, 1.807) is 28.3 Å². The van der Waals surface area contributed by atoms with Gasteiger partial charge in [0, 0.05) is 18.5 Å². The SMILES string of the molecule is COc1ccc2c(c1)[C@H](C)[C@@H](c1ccc(OC)c(OC)c1)N2C(C)=O. The van der Waals surface area contributed by atoms with Crippen LogP contribution in [0.15, 0.2) is 36.4 Å². The van der Waals surface area contributed by atoms with Crippen LogP contribution in [0, 0.1) is 0 Å². The third-order valence-corrected chi connectivity index (χ3v) is 4.82. The molecule has 0 spiro atoms. The Morgan fingerprint density at radius 1 is 0.960 bits per heavy atom. The number of carbonyl (C=O) groups excluding carboxylic acids is 1. The highest BCUT2D eigenvalue weighted by Crippen LogP contribution is 2.50. The highest BCUT2D eigenvalue weighted by molar-refractivity contribution is 5.95. The van der Waals surface area contributed by atoms with Gasteiger partial charge in [0.15, 0.2) is 11.5 Å². The zero-order valence-electron chi connectivity index (χ0n) is 15.2. The van der Waals surface area contributed by atoms with E-state index in [-0.39, 0.29) is 17.9 Å². The summed E-state index contributed by atoms with van der Waals surface area (Å²) in [4.78, 5) is 14.3. The number of nitrogens with zero attached hydrogens (tertiary/aromatic N) is 1. The molecule has 132 valence electrons. The minimum Gasteiger partial charge on any atom is -0.497 e. The Morgan fingerprint density at radius 3 is 2.28 bits per heavy atom. The largest absolute Gasteiger partial charge is 0.497 e. The Morgan fingerprint density at radius 2 is 1.68 bits per heavy atom. The number of amides is 1. The first-order valence-corrected chi connectivity index (χ1v) is 8.21. The first-order chi connectivity index (χ1) is 12.0. The summed E-state index contributed by atoms with van der Waals surface area (Å²) in [5, 5.41) is 0. The summed E-state index contributed by atoms with van der Waals surface area (Å²) in [5.74, 6) is 2.26. The van der Waals surface area contributed by atoms with Crippen molar-refractivity contribution >= 4 is 11.6 Å². The molecule has 2 atom stereocenters. The average molecular weight is 341 g/mol. The molecule has 0 N–H and O–H groups in total. The maximum atomic E-state index is 12.4. The van der Waals surface area contributed by atoms with Gasteiger partial charge in [-0.05, 0) is 41.5 Å². The molecule has 5 nitrogen and oxygen atoms in total. The first kappa shape index (κ1) is 17.1. The second-order valence-electron chi connectivity index (χ2n) is 6.16. The fraction of sp³-hybridized carbons (Fsp3) is 0.350. The van der Waals surface area contributed by atoms with E-state index >= 15 is 0 Å². The maximum absolute atomic E-state index is 12.4. The molecule has 0 saturated carbocycles. The molecule has 3 rings (SSSR count). The summed E-state index contributed by atoms with van der Waals surface area (Å²) in [7, 11) is 4.87. The summed E-state index contributed by atoms with van der Waals surface area (Å²) in [6, 6.07) is 11.6. The Balaban J connectivity index is 2.11. The Bertz CT molecular complexity index is 802. The van der Waals surface area contributed by atoms with E-state index in [0.717, 1.165) is 22.6 Å². The zero-order valence-corrected chi connectivity index (χ0v) is 15.2. The van der Waals surface area contributed by atoms with Crippen LogP contribution in [-0.4, -0.2) is 27.2 Å². The third kappa shape index (κ3) is 2.80. The molecular weight excluding hydrogens is 318 g/mol. The van der Waals surface area contributed by atoms with Gasteiger partial charge in [0.25, 0.3) is 0 Å². The number of hydrogen-bond donors (Lipinski definition) is 0. The zero-order chi connectivity index (χ0) is 18.1. The quantitative estimate of drug-likeness (QED) is 0.845.